The quantitative estimate of drug-likeness (QED) is 0.491. The Balaban J connectivity index is 3.37. The fraction of sp³-hybridized carbons (Fsp3) is 0.933. The van der Waals surface area contributed by atoms with Crippen LogP contribution in [0.2, 0.25) is 0 Å². The summed E-state index contributed by atoms with van der Waals surface area (Å²) in [6.45, 7) is 5.35. The Bertz CT molecular complexity index is 180. The molecule has 0 radical (unpaired) electrons. The number of amides is 1. The minimum Gasteiger partial charge on any atom is -0.346 e. The third-order valence-corrected chi connectivity index (χ3v) is 3.27. The van der Waals surface area contributed by atoms with Crippen LogP contribution >= 0.6 is 0 Å². The molecule has 0 rings (SSSR count). The molecule has 0 aromatic heterocycles. The molecule has 0 spiro atoms. The predicted octanol–water partition coefficient (Wildman–Crippen LogP) is 4.39. The van der Waals surface area contributed by atoms with Gasteiger partial charge in [-0.1, -0.05) is 58.8 Å². The summed E-state index contributed by atoms with van der Waals surface area (Å²) in [5.74, 6) is 0.326. The summed E-state index contributed by atoms with van der Waals surface area (Å²) in [5, 5.41) is 0. The van der Waals surface area contributed by atoms with Gasteiger partial charge in [-0.3, -0.25) is 4.79 Å². The van der Waals surface area contributed by atoms with Crippen LogP contribution in [0, 0.1) is 0 Å². The van der Waals surface area contributed by atoms with Crippen LogP contribution in [0.4, 0.5) is 0 Å². The number of carbonyl (C=O) groups excluding carboxylic acids is 1. The highest BCUT2D eigenvalue weighted by atomic mass is 16.2. The molecular formula is C15H31NO. The summed E-state index contributed by atoms with van der Waals surface area (Å²) in [6.07, 6.45) is 11.9. The maximum atomic E-state index is 11.7. The maximum Gasteiger partial charge on any atom is 0.222 e. The lowest BCUT2D eigenvalue weighted by atomic mass is 10.1. The second kappa shape index (κ2) is 11.9. The van der Waals surface area contributed by atoms with Gasteiger partial charge in [0.25, 0.3) is 0 Å². The lowest BCUT2D eigenvalue weighted by Gasteiger charge is -2.16. The number of hydrogen-bond acceptors (Lipinski definition) is 1. The van der Waals surface area contributed by atoms with Gasteiger partial charge in [0, 0.05) is 20.0 Å². The first-order chi connectivity index (χ1) is 8.22. The van der Waals surface area contributed by atoms with Crippen molar-refractivity contribution < 1.29 is 4.79 Å². The normalized spacial score (nSPS) is 10.5. The largest absolute Gasteiger partial charge is 0.346 e. The monoisotopic (exact) mass is 241 g/mol. The fourth-order valence-electron chi connectivity index (χ4n) is 1.97. The maximum absolute atomic E-state index is 11.7. The number of carbonyl (C=O) groups is 1. The first-order valence-corrected chi connectivity index (χ1v) is 7.46. The number of nitrogens with zero attached hydrogens (tertiary/aromatic N) is 1. The van der Waals surface area contributed by atoms with E-state index in [1.54, 1.807) is 0 Å². The van der Waals surface area contributed by atoms with Gasteiger partial charge in [-0.15, -0.1) is 0 Å². The van der Waals surface area contributed by atoms with Crippen molar-refractivity contribution in [2.24, 2.45) is 0 Å². The molecule has 2 heteroatoms. The summed E-state index contributed by atoms with van der Waals surface area (Å²) < 4.78 is 0. The zero-order chi connectivity index (χ0) is 12.9. The smallest absolute Gasteiger partial charge is 0.222 e. The van der Waals surface area contributed by atoms with Gasteiger partial charge in [-0.2, -0.15) is 0 Å². The topological polar surface area (TPSA) is 20.3 Å². The van der Waals surface area contributed by atoms with Crippen molar-refractivity contribution in [1.82, 2.24) is 4.90 Å². The molecule has 0 aromatic carbocycles. The lowest BCUT2D eigenvalue weighted by molar-refractivity contribution is -0.130. The third kappa shape index (κ3) is 10.3. The Morgan fingerprint density at radius 1 is 0.824 bits per heavy atom. The SMILES string of the molecule is CCCCCCCCN(C)C(=O)CCCCC. The van der Waals surface area contributed by atoms with E-state index in [4.69, 9.17) is 0 Å². The standard InChI is InChI=1S/C15H31NO/c1-4-6-8-9-10-12-14-16(3)15(17)13-11-7-5-2/h4-14H2,1-3H3. The molecule has 1 amide bonds. The van der Waals surface area contributed by atoms with Crippen molar-refractivity contribution in [1.29, 1.82) is 0 Å². The molecule has 17 heavy (non-hydrogen) atoms. The van der Waals surface area contributed by atoms with Crippen molar-refractivity contribution in [3.05, 3.63) is 0 Å². The van der Waals surface area contributed by atoms with Crippen LogP contribution in [0.1, 0.15) is 78.1 Å². The number of hydrogen-bond donors (Lipinski definition) is 0. The lowest BCUT2D eigenvalue weighted by Crippen LogP contribution is -2.27. The average molecular weight is 241 g/mol. The van der Waals surface area contributed by atoms with Crippen molar-refractivity contribution in [3.63, 3.8) is 0 Å². The molecule has 0 heterocycles. The Morgan fingerprint density at radius 2 is 1.35 bits per heavy atom. The Hall–Kier alpha value is -0.530. The van der Waals surface area contributed by atoms with Crippen molar-refractivity contribution in [2.75, 3.05) is 13.6 Å². The highest BCUT2D eigenvalue weighted by Crippen LogP contribution is 2.07. The molecule has 2 nitrogen and oxygen atoms in total. The fourth-order valence-corrected chi connectivity index (χ4v) is 1.97. The molecule has 0 unspecified atom stereocenters. The molecule has 0 aliphatic carbocycles. The number of unbranched alkanes of at least 4 members (excludes halogenated alkanes) is 7. The molecule has 0 fully saturated rings. The summed E-state index contributed by atoms with van der Waals surface area (Å²) in [6, 6.07) is 0. The first kappa shape index (κ1) is 16.5. The molecule has 0 aliphatic rings. The molecule has 0 bridgehead atoms. The van der Waals surface area contributed by atoms with E-state index in [1.165, 1.54) is 51.4 Å². The molecule has 0 saturated carbocycles. The van der Waals surface area contributed by atoms with Crippen molar-refractivity contribution in [3.8, 4) is 0 Å². The van der Waals surface area contributed by atoms with E-state index < -0.39 is 0 Å². The molecule has 0 N–H and O–H groups in total. The minimum absolute atomic E-state index is 0.326. The van der Waals surface area contributed by atoms with Crippen molar-refractivity contribution >= 4 is 5.91 Å². The van der Waals surface area contributed by atoms with E-state index in [0.717, 1.165) is 19.4 Å². The Kier molecular flexibility index (Phi) is 11.6. The average Bonchev–Trinajstić information content (AvgIpc) is 2.33. The second-order valence-corrected chi connectivity index (χ2v) is 5.04. The van der Waals surface area contributed by atoms with E-state index in [9.17, 15) is 4.79 Å². The van der Waals surface area contributed by atoms with E-state index in [-0.39, 0.29) is 0 Å². The van der Waals surface area contributed by atoms with Crippen LogP contribution in [-0.2, 0) is 4.79 Å². The summed E-state index contributed by atoms with van der Waals surface area (Å²) >= 11 is 0. The van der Waals surface area contributed by atoms with Crippen LogP contribution in [0.15, 0.2) is 0 Å². The summed E-state index contributed by atoms with van der Waals surface area (Å²) in [5.41, 5.74) is 0. The molecular weight excluding hydrogens is 210 g/mol. The van der Waals surface area contributed by atoms with Crippen LogP contribution in [0.25, 0.3) is 0 Å². The van der Waals surface area contributed by atoms with E-state index >= 15 is 0 Å². The minimum atomic E-state index is 0.326. The second-order valence-electron chi connectivity index (χ2n) is 5.04. The van der Waals surface area contributed by atoms with Gasteiger partial charge >= 0.3 is 0 Å². The van der Waals surface area contributed by atoms with E-state index in [1.807, 2.05) is 11.9 Å². The molecule has 0 aliphatic heterocycles. The molecule has 0 atom stereocenters. The van der Waals surface area contributed by atoms with Gasteiger partial charge in [-0.05, 0) is 12.8 Å². The van der Waals surface area contributed by atoms with Crippen LogP contribution in [-0.4, -0.2) is 24.4 Å². The highest BCUT2D eigenvalue weighted by molar-refractivity contribution is 5.75. The van der Waals surface area contributed by atoms with Crippen LogP contribution in [0.5, 0.6) is 0 Å². The zero-order valence-corrected chi connectivity index (χ0v) is 12.1. The van der Waals surface area contributed by atoms with Crippen LogP contribution in [0.3, 0.4) is 0 Å². The van der Waals surface area contributed by atoms with Gasteiger partial charge in [0.15, 0.2) is 0 Å². The predicted molar refractivity (Wildman–Crippen MR) is 75.2 cm³/mol. The van der Waals surface area contributed by atoms with Gasteiger partial charge in [0.05, 0.1) is 0 Å². The van der Waals surface area contributed by atoms with E-state index in [0.29, 0.717) is 5.91 Å². The summed E-state index contributed by atoms with van der Waals surface area (Å²) in [4.78, 5) is 13.6. The van der Waals surface area contributed by atoms with E-state index in [2.05, 4.69) is 13.8 Å². The molecule has 0 saturated heterocycles. The Labute approximate surface area is 108 Å². The molecule has 102 valence electrons. The zero-order valence-electron chi connectivity index (χ0n) is 12.1. The third-order valence-electron chi connectivity index (χ3n) is 3.27. The van der Waals surface area contributed by atoms with Gasteiger partial charge in [0.1, 0.15) is 0 Å². The van der Waals surface area contributed by atoms with Gasteiger partial charge in [0.2, 0.25) is 5.91 Å². The van der Waals surface area contributed by atoms with Crippen molar-refractivity contribution in [2.45, 2.75) is 78.1 Å². The summed E-state index contributed by atoms with van der Waals surface area (Å²) in [7, 11) is 1.94. The Morgan fingerprint density at radius 3 is 2.00 bits per heavy atom. The highest BCUT2D eigenvalue weighted by Gasteiger charge is 2.06. The van der Waals surface area contributed by atoms with Crippen LogP contribution < -0.4 is 0 Å². The molecule has 0 aromatic rings. The first-order valence-electron chi connectivity index (χ1n) is 7.46. The van der Waals surface area contributed by atoms with Gasteiger partial charge in [-0.25, -0.2) is 0 Å². The number of rotatable bonds is 11. The van der Waals surface area contributed by atoms with Gasteiger partial charge < -0.3 is 4.90 Å².